The van der Waals surface area contributed by atoms with Crippen LogP contribution in [0.5, 0.6) is 5.75 Å². The van der Waals surface area contributed by atoms with E-state index in [4.69, 9.17) is 22.1 Å². The zero-order valence-electron chi connectivity index (χ0n) is 10.8. The molecule has 1 heterocycles. The van der Waals surface area contributed by atoms with E-state index in [-0.39, 0.29) is 5.91 Å². The maximum absolute atomic E-state index is 12.4. The minimum atomic E-state index is -1.30. The SMILES string of the molecule is COc1ccccc1C1(N)C(=O)Nc2ccc(Cl)cc21. The van der Waals surface area contributed by atoms with E-state index in [1.807, 2.05) is 12.1 Å². The third-order valence-corrected chi connectivity index (χ3v) is 3.78. The molecule has 3 N–H and O–H groups in total. The lowest BCUT2D eigenvalue weighted by atomic mass is 9.84. The average molecular weight is 289 g/mol. The molecule has 0 aliphatic carbocycles. The van der Waals surface area contributed by atoms with Crippen LogP contribution in [0.1, 0.15) is 11.1 Å². The average Bonchev–Trinajstić information content (AvgIpc) is 2.72. The smallest absolute Gasteiger partial charge is 0.253 e. The molecule has 1 atom stereocenters. The van der Waals surface area contributed by atoms with Gasteiger partial charge in [-0.15, -0.1) is 0 Å². The van der Waals surface area contributed by atoms with Crippen LogP contribution < -0.4 is 15.8 Å². The first kappa shape index (κ1) is 13.0. The predicted octanol–water partition coefficient (Wildman–Crippen LogP) is 2.50. The Morgan fingerprint density at radius 2 is 1.95 bits per heavy atom. The second-order valence-electron chi connectivity index (χ2n) is 4.65. The van der Waals surface area contributed by atoms with Gasteiger partial charge in [0.2, 0.25) is 0 Å². The number of nitrogens with two attached hydrogens (primary N) is 1. The molecule has 0 radical (unpaired) electrons. The molecular weight excluding hydrogens is 276 g/mol. The molecule has 4 nitrogen and oxygen atoms in total. The number of anilines is 1. The van der Waals surface area contributed by atoms with Crippen molar-refractivity contribution in [2.45, 2.75) is 5.54 Å². The summed E-state index contributed by atoms with van der Waals surface area (Å²) in [6.07, 6.45) is 0. The van der Waals surface area contributed by atoms with Gasteiger partial charge in [-0.3, -0.25) is 4.79 Å². The zero-order chi connectivity index (χ0) is 14.3. The number of para-hydroxylation sites is 1. The number of carbonyl (C=O) groups excluding carboxylic acids is 1. The van der Waals surface area contributed by atoms with Crippen molar-refractivity contribution in [3.05, 3.63) is 58.6 Å². The van der Waals surface area contributed by atoms with Gasteiger partial charge in [0.1, 0.15) is 5.75 Å². The molecule has 1 unspecified atom stereocenters. The second-order valence-corrected chi connectivity index (χ2v) is 5.09. The van der Waals surface area contributed by atoms with Gasteiger partial charge >= 0.3 is 0 Å². The number of halogens is 1. The van der Waals surface area contributed by atoms with Crippen molar-refractivity contribution in [2.24, 2.45) is 5.73 Å². The molecular formula is C15H13ClN2O2. The molecule has 5 heteroatoms. The van der Waals surface area contributed by atoms with Crippen molar-refractivity contribution in [2.75, 3.05) is 12.4 Å². The molecule has 1 aliphatic heterocycles. The van der Waals surface area contributed by atoms with E-state index in [9.17, 15) is 4.79 Å². The van der Waals surface area contributed by atoms with Crippen LogP contribution in [-0.2, 0) is 10.3 Å². The fraction of sp³-hybridized carbons (Fsp3) is 0.133. The number of carbonyl (C=O) groups is 1. The summed E-state index contributed by atoms with van der Waals surface area (Å²) in [6.45, 7) is 0. The highest BCUT2D eigenvalue weighted by molar-refractivity contribution is 6.31. The maximum atomic E-state index is 12.4. The summed E-state index contributed by atoms with van der Waals surface area (Å²) in [5.74, 6) is 0.275. The Labute approximate surface area is 121 Å². The summed E-state index contributed by atoms with van der Waals surface area (Å²) < 4.78 is 5.32. The molecule has 0 saturated carbocycles. The van der Waals surface area contributed by atoms with Crippen LogP contribution in [0.3, 0.4) is 0 Å². The number of fused-ring (bicyclic) bond motifs is 1. The standard InChI is InChI=1S/C15H13ClN2O2/c1-20-13-5-3-2-4-10(13)15(17)11-8-9(16)6-7-12(11)18-14(15)19/h2-8H,17H2,1H3,(H,18,19). The van der Waals surface area contributed by atoms with Crippen LogP contribution in [0.25, 0.3) is 0 Å². The van der Waals surface area contributed by atoms with E-state index < -0.39 is 5.54 Å². The van der Waals surface area contributed by atoms with Gasteiger partial charge in [0.15, 0.2) is 5.54 Å². The Hall–Kier alpha value is -2.04. The van der Waals surface area contributed by atoms with Crippen molar-refractivity contribution >= 4 is 23.2 Å². The molecule has 0 saturated heterocycles. The number of rotatable bonds is 2. The first-order valence-corrected chi connectivity index (χ1v) is 6.49. The van der Waals surface area contributed by atoms with E-state index in [0.717, 1.165) is 0 Å². The highest BCUT2D eigenvalue weighted by Gasteiger charge is 2.46. The van der Waals surface area contributed by atoms with E-state index in [2.05, 4.69) is 5.32 Å². The first-order chi connectivity index (χ1) is 9.57. The fourth-order valence-electron chi connectivity index (χ4n) is 2.53. The predicted molar refractivity (Wildman–Crippen MR) is 78.0 cm³/mol. The largest absolute Gasteiger partial charge is 0.496 e. The number of ether oxygens (including phenoxy) is 1. The van der Waals surface area contributed by atoms with Gasteiger partial charge < -0.3 is 15.8 Å². The summed E-state index contributed by atoms with van der Waals surface area (Å²) >= 11 is 6.03. The molecule has 1 aliphatic rings. The molecule has 0 aromatic heterocycles. The van der Waals surface area contributed by atoms with Crippen molar-refractivity contribution in [3.8, 4) is 5.75 Å². The summed E-state index contributed by atoms with van der Waals surface area (Å²) in [7, 11) is 1.55. The van der Waals surface area contributed by atoms with Gasteiger partial charge in [-0.2, -0.15) is 0 Å². The van der Waals surface area contributed by atoms with Crippen molar-refractivity contribution in [1.82, 2.24) is 0 Å². The number of hydrogen-bond donors (Lipinski definition) is 2. The molecule has 3 rings (SSSR count). The Morgan fingerprint density at radius 3 is 2.70 bits per heavy atom. The maximum Gasteiger partial charge on any atom is 0.253 e. The lowest BCUT2D eigenvalue weighted by molar-refractivity contribution is -0.119. The molecule has 102 valence electrons. The minimum absolute atomic E-state index is 0.292. The lowest BCUT2D eigenvalue weighted by Crippen LogP contribution is -2.44. The highest BCUT2D eigenvalue weighted by Crippen LogP contribution is 2.43. The number of methoxy groups -OCH3 is 1. The summed E-state index contributed by atoms with van der Waals surface area (Å²) in [4.78, 5) is 12.4. The number of nitrogens with one attached hydrogen (secondary N) is 1. The Morgan fingerprint density at radius 1 is 1.20 bits per heavy atom. The Balaban J connectivity index is 2.27. The number of amides is 1. The van der Waals surface area contributed by atoms with E-state index >= 15 is 0 Å². The molecule has 0 spiro atoms. The third kappa shape index (κ3) is 1.69. The molecule has 0 fully saturated rings. The van der Waals surface area contributed by atoms with E-state index in [1.54, 1.807) is 37.4 Å². The third-order valence-electron chi connectivity index (χ3n) is 3.54. The topological polar surface area (TPSA) is 64.3 Å². The highest BCUT2D eigenvalue weighted by atomic mass is 35.5. The molecule has 1 amide bonds. The fourth-order valence-corrected chi connectivity index (χ4v) is 2.70. The van der Waals surface area contributed by atoms with Crippen LogP contribution in [0, 0.1) is 0 Å². The van der Waals surface area contributed by atoms with Crippen LogP contribution in [-0.4, -0.2) is 13.0 Å². The molecule has 0 bridgehead atoms. The van der Waals surface area contributed by atoms with E-state index in [1.165, 1.54) is 0 Å². The van der Waals surface area contributed by atoms with Gasteiger partial charge in [-0.25, -0.2) is 0 Å². The van der Waals surface area contributed by atoms with Gasteiger partial charge in [0, 0.05) is 21.8 Å². The van der Waals surface area contributed by atoms with Crippen molar-refractivity contribution < 1.29 is 9.53 Å². The summed E-state index contributed by atoms with van der Waals surface area (Å²) in [6, 6.07) is 12.4. The van der Waals surface area contributed by atoms with Crippen LogP contribution in [0.15, 0.2) is 42.5 Å². The van der Waals surface area contributed by atoms with Crippen molar-refractivity contribution in [1.29, 1.82) is 0 Å². The normalized spacial score (nSPS) is 20.4. The summed E-state index contributed by atoms with van der Waals surface area (Å²) in [5.41, 5.74) is 7.07. The van der Waals surface area contributed by atoms with Crippen molar-refractivity contribution in [3.63, 3.8) is 0 Å². The Kier molecular flexibility index (Phi) is 2.92. The molecule has 2 aromatic rings. The number of benzene rings is 2. The van der Waals surface area contributed by atoms with Gasteiger partial charge in [-0.05, 0) is 24.3 Å². The van der Waals surface area contributed by atoms with Gasteiger partial charge in [-0.1, -0.05) is 29.8 Å². The summed E-state index contributed by atoms with van der Waals surface area (Å²) in [5, 5.41) is 3.32. The molecule has 2 aromatic carbocycles. The Bertz CT molecular complexity index is 702. The quantitative estimate of drug-likeness (QED) is 0.892. The second kappa shape index (κ2) is 4.51. The molecule has 20 heavy (non-hydrogen) atoms. The van der Waals surface area contributed by atoms with E-state index in [0.29, 0.717) is 27.6 Å². The number of hydrogen-bond acceptors (Lipinski definition) is 3. The zero-order valence-corrected chi connectivity index (χ0v) is 11.6. The van der Waals surface area contributed by atoms with Crippen LogP contribution >= 0.6 is 11.6 Å². The van der Waals surface area contributed by atoms with Crippen LogP contribution in [0.4, 0.5) is 5.69 Å². The van der Waals surface area contributed by atoms with Crippen LogP contribution in [0.2, 0.25) is 5.02 Å². The minimum Gasteiger partial charge on any atom is -0.496 e. The lowest BCUT2D eigenvalue weighted by Gasteiger charge is -2.24. The van der Waals surface area contributed by atoms with Gasteiger partial charge in [0.05, 0.1) is 7.11 Å². The first-order valence-electron chi connectivity index (χ1n) is 6.11. The van der Waals surface area contributed by atoms with Gasteiger partial charge in [0.25, 0.3) is 5.91 Å². The monoisotopic (exact) mass is 288 g/mol.